The van der Waals surface area contributed by atoms with Crippen LogP contribution in [0.2, 0.25) is 0 Å². The topological polar surface area (TPSA) is 75.7 Å². The summed E-state index contributed by atoms with van der Waals surface area (Å²) in [7, 11) is 1.49. The number of likely N-dealkylation sites (N-methyl/N-ethyl adjacent to an activating group) is 1. The lowest BCUT2D eigenvalue weighted by Gasteiger charge is -2.32. The van der Waals surface area contributed by atoms with Crippen LogP contribution >= 0.6 is 0 Å². The number of carbonyl (C=O) groups excluding carboxylic acids is 3. The Morgan fingerprint density at radius 1 is 1.11 bits per heavy atom. The van der Waals surface area contributed by atoms with E-state index < -0.39 is 29.1 Å². The average Bonchev–Trinajstić information content (AvgIpc) is 3.09. The lowest BCUT2D eigenvalue weighted by Crippen LogP contribution is -2.44. The van der Waals surface area contributed by atoms with Crippen LogP contribution < -0.4 is 10.1 Å². The van der Waals surface area contributed by atoms with E-state index in [0.717, 1.165) is 11.9 Å². The van der Waals surface area contributed by atoms with Gasteiger partial charge in [-0.1, -0.05) is 45.1 Å². The molecule has 2 aromatic carbocycles. The molecule has 188 valence electrons. The van der Waals surface area contributed by atoms with Gasteiger partial charge >= 0.3 is 6.03 Å². The van der Waals surface area contributed by atoms with Crippen LogP contribution in [0.4, 0.5) is 13.6 Å². The van der Waals surface area contributed by atoms with Crippen molar-refractivity contribution in [3.05, 3.63) is 83.5 Å². The summed E-state index contributed by atoms with van der Waals surface area (Å²) < 4.78 is 32.8. The molecule has 0 radical (unpaired) electrons. The summed E-state index contributed by atoms with van der Waals surface area (Å²) >= 11 is 0. The highest BCUT2D eigenvalue weighted by atomic mass is 19.1. The third-order valence-corrected chi connectivity index (χ3v) is 5.17. The second kappa shape index (κ2) is 13.8. The summed E-state index contributed by atoms with van der Waals surface area (Å²) in [6.07, 6.45) is 6.61. The Labute approximate surface area is 205 Å². The Bertz CT molecular complexity index is 1080. The van der Waals surface area contributed by atoms with Gasteiger partial charge in [0.15, 0.2) is 11.6 Å². The fourth-order valence-corrected chi connectivity index (χ4v) is 3.29. The van der Waals surface area contributed by atoms with Gasteiger partial charge < -0.3 is 9.64 Å². The molecule has 1 aliphatic heterocycles. The van der Waals surface area contributed by atoms with Crippen LogP contribution in [-0.2, 0) is 15.1 Å². The van der Waals surface area contributed by atoms with Crippen molar-refractivity contribution < 1.29 is 27.9 Å². The van der Waals surface area contributed by atoms with Gasteiger partial charge in [-0.3, -0.25) is 14.9 Å². The van der Waals surface area contributed by atoms with E-state index in [4.69, 9.17) is 4.74 Å². The summed E-state index contributed by atoms with van der Waals surface area (Å²) in [5.74, 6) is -1.38. The molecule has 1 aliphatic rings. The van der Waals surface area contributed by atoms with E-state index in [1.165, 1.54) is 48.3 Å². The van der Waals surface area contributed by atoms with Crippen molar-refractivity contribution in [2.45, 2.75) is 46.6 Å². The fourth-order valence-electron chi connectivity index (χ4n) is 3.29. The second-order valence-electron chi connectivity index (χ2n) is 7.29. The number of imide groups is 1. The highest BCUT2D eigenvalue weighted by Crippen LogP contribution is 2.37. The normalized spacial score (nSPS) is 17.3. The number of benzene rings is 2. The van der Waals surface area contributed by atoms with Crippen molar-refractivity contribution in [1.82, 2.24) is 10.2 Å². The predicted octanol–water partition coefficient (Wildman–Crippen LogP) is 6.28. The minimum atomic E-state index is -1.26. The molecule has 0 saturated carbocycles. The molecule has 0 spiro atoms. The molecule has 1 saturated heterocycles. The Morgan fingerprint density at radius 3 is 2.20 bits per heavy atom. The first-order valence-corrected chi connectivity index (χ1v) is 11.3. The van der Waals surface area contributed by atoms with Gasteiger partial charge in [0, 0.05) is 7.05 Å². The van der Waals surface area contributed by atoms with Crippen LogP contribution in [0.5, 0.6) is 11.5 Å². The van der Waals surface area contributed by atoms with Crippen LogP contribution in [0, 0.1) is 11.6 Å². The Morgan fingerprint density at radius 2 is 1.74 bits per heavy atom. The molecular formula is C27H32F2N2O4. The van der Waals surface area contributed by atoms with E-state index in [2.05, 4.69) is 5.32 Å². The lowest BCUT2D eigenvalue weighted by atomic mass is 9.86. The molecular weight excluding hydrogens is 454 g/mol. The smallest absolute Gasteiger partial charge is 0.325 e. The molecule has 8 heteroatoms. The molecule has 1 heterocycles. The maximum Gasteiger partial charge on any atom is 0.325 e. The van der Waals surface area contributed by atoms with Gasteiger partial charge in [0.2, 0.25) is 0 Å². The second-order valence-corrected chi connectivity index (χ2v) is 7.29. The fraction of sp³-hybridized carbons (Fsp3) is 0.296. The molecule has 1 atom stereocenters. The Kier molecular flexibility index (Phi) is 11.5. The number of hydrogen-bond donors (Lipinski definition) is 1. The first kappa shape index (κ1) is 29.2. The summed E-state index contributed by atoms with van der Waals surface area (Å²) in [5.41, 5.74) is -0.153. The van der Waals surface area contributed by atoms with Gasteiger partial charge in [-0.05, 0) is 67.8 Å². The maximum atomic E-state index is 14.5. The van der Waals surface area contributed by atoms with E-state index in [1.54, 1.807) is 26.0 Å². The summed E-state index contributed by atoms with van der Waals surface area (Å²) in [6, 6.07) is 8.75. The number of amides is 3. The Balaban J connectivity index is 0.000000523. The molecule has 3 rings (SSSR count). The van der Waals surface area contributed by atoms with Crippen LogP contribution in [0.3, 0.4) is 0 Å². The van der Waals surface area contributed by atoms with E-state index in [0.29, 0.717) is 12.0 Å². The number of ether oxygens (including phenoxy) is 1. The summed E-state index contributed by atoms with van der Waals surface area (Å²) in [4.78, 5) is 35.3. The standard InChI is InChI=1S/C18H16F2N2O3.C7H10O.C2H6/c1-3-18(16(23)21-17(24)22(18)2)11-4-9-15(14(20)10-11)25-13-7-5-12(19)6-8-13;1-3-4-5-7(2)6-8;1-2/h4-10H,3H2,1-2H3,(H,21,23,24);3-6H,1-2H3;1-2H3/b;4-3-,7-5-;. The largest absolute Gasteiger partial charge is 0.454 e. The number of rotatable bonds is 6. The number of urea groups is 1. The zero-order chi connectivity index (χ0) is 26.6. The average molecular weight is 487 g/mol. The van der Waals surface area contributed by atoms with Crippen molar-refractivity contribution in [3.8, 4) is 11.5 Å². The highest BCUT2D eigenvalue weighted by molar-refractivity contribution is 6.07. The van der Waals surface area contributed by atoms with E-state index >= 15 is 0 Å². The van der Waals surface area contributed by atoms with Crippen LogP contribution in [0.15, 0.2) is 66.3 Å². The van der Waals surface area contributed by atoms with Crippen molar-refractivity contribution in [2.24, 2.45) is 0 Å². The summed E-state index contributed by atoms with van der Waals surface area (Å²) in [6.45, 7) is 9.43. The molecule has 6 nitrogen and oxygen atoms in total. The molecule has 0 bridgehead atoms. The van der Waals surface area contributed by atoms with Crippen LogP contribution in [-0.4, -0.2) is 30.2 Å². The van der Waals surface area contributed by atoms with Crippen molar-refractivity contribution >= 4 is 18.2 Å². The predicted molar refractivity (Wildman–Crippen MR) is 132 cm³/mol. The van der Waals surface area contributed by atoms with Gasteiger partial charge in [0.1, 0.15) is 23.4 Å². The number of nitrogens with one attached hydrogen (secondary N) is 1. The third kappa shape index (κ3) is 7.09. The van der Waals surface area contributed by atoms with Gasteiger partial charge in [-0.15, -0.1) is 0 Å². The third-order valence-electron chi connectivity index (χ3n) is 5.17. The van der Waals surface area contributed by atoms with Crippen LogP contribution in [0.25, 0.3) is 0 Å². The molecule has 35 heavy (non-hydrogen) atoms. The van der Waals surface area contributed by atoms with E-state index in [-0.39, 0.29) is 11.5 Å². The molecule has 1 N–H and O–H groups in total. The van der Waals surface area contributed by atoms with Crippen molar-refractivity contribution in [1.29, 1.82) is 0 Å². The number of carbonyl (C=O) groups is 3. The van der Waals surface area contributed by atoms with Crippen molar-refractivity contribution in [2.75, 3.05) is 7.05 Å². The monoisotopic (exact) mass is 486 g/mol. The lowest BCUT2D eigenvalue weighted by molar-refractivity contribution is -0.126. The number of halogens is 2. The quantitative estimate of drug-likeness (QED) is 0.226. The van der Waals surface area contributed by atoms with Crippen molar-refractivity contribution in [3.63, 3.8) is 0 Å². The zero-order valence-electron chi connectivity index (χ0n) is 20.9. The summed E-state index contributed by atoms with van der Waals surface area (Å²) in [5, 5.41) is 2.24. The molecule has 2 aromatic rings. The number of aldehydes is 1. The SMILES string of the molecule is C/C=C\C=C(\C)C=O.CC.CCC1(c2ccc(Oc3ccc(F)cc3)c(F)c2)C(=O)NC(=O)N1C. The van der Waals surface area contributed by atoms with Crippen LogP contribution in [0.1, 0.15) is 46.6 Å². The maximum absolute atomic E-state index is 14.5. The van der Waals surface area contributed by atoms with E-state index in [1.807, 2.05) is 32.9 Å². The van der Waals surface area contributed by atoms with Gasteiger partial charge in [-0.2, -0.15) is 0 Å². The molecule has 3 amide bonds. The molecule has 0 aliphatic carbocycles. The molecule has 0 aromatic heterocycles. The number of hydrogen-bond acceptors (Lipinski definition) is 4. The first-order valence-electron chi connectivity index (χ1n) is 11.3. The van der Waals surface area contributed by atoms with Gasteiger partial charge in [0.25, 0.3) is 5.91 Å². The highest BCUT2D eigenvalue weighted by Gasteiger charge is 2.51. The number of nitrogens with zero attached hydrogens (tertiary/aromatic N) is 1. The Hall–Kier alpha value is -3.81. The minimum Gasteiger partial charge on any atom is -0.454 e. The first-order chi connectivity index (χ1) is 16.7. The number of allylic oxidation sites excluding steroid dienone is 4. The van der Waals surface area contributed by atoms with Gasteiger partial charge in [0.05, 0.1) is 0 Å². The molecule has 1 fully saturated rings. The minimum absolute atomic E-state index is 0.0611. The van der Waals surface area contributed by atoms with E-state index in [9.17, 15) is 23.2 Å². The van der Waals surface area contributed by atoms with Gasteiger partial charge in [-0.25, -0.2) is 13.6 Å². The zero-order valence-corrected chi connectivity index (χ0v) is 20.9. The molecule has 1 unspecified atom stereocenters.